The van der Waals surface area contributed by atoms with Crippen LogP contribution >= 0.6 is 0 Å². The summed E-state index contributed by atoms with van der Waals surface area (Å²) in [4.78, 5) is 14.1. The van der Waals surface area contributed by atoms with Gasteiger partial charge in [-0.25, -0.2) is 8.78 Å². The van der Waals surface area contributed by atoms with Gasteiger partial charge in [0.25, 0.3) is 5.56 Å². The number of nitrogens with zero attached hydrogens (tertiary/aromatic N) is 1. The largest absolute Gasteiger partial charge is 0.494 e. The van der Waals surface area contributed by atoms with Gasteiger partial charge in [0.05, 0.1) is 30.3 Å². The van der Waals surface area contributed by atoms with Crippen LogP contribution < -0.4 is 21.3 Å². The molecule has 2 atom stereocenters. The van der Waals surface area contributed by atoms with E-state index in [0.29, 0.717) is 0 Å². The van der Waals surface area contributed by atoms with E-state index < -0.39 is 53.0 Å². The second-order valence-electron chi connectivity index (χ2n) is 9.65. The highest BCUT2D eigenvalue weighted by molar-refractivity contribution is 5.74. The van der Waals surface area contributed by atoms with Crippen LogP contribution in [0.25, 0.3) is 11.1 Å². The Labute approximate surface area is 227 Å². The molecule has 0 bridgehead atoms. The third kappa shape index (κ3) is 4.62. The summed E-state index contributed by atoms with van der Waals surface area (Å²) in [6, 6.07) is 14.8. The van der Waals surface area contributed by atoms with Gasteiger partial charge in [-0.1, -0.05) is 48.5 Å². The fraction of sp³-hybridized carbons (Fsp3) is 0.233. The summed E-state index contributed by atoms with van der Waals surface area (Å²) in [5, 5.41) is 3.13. The van der Waals surface area contributed by atoms with E-state index >= 15 is 4.39 Å². The van der Waals surface area contributed by atoms with Crippen LogP contribution in [0.2, 0.25) is 0 Å². The molecule has 3 N–H and O–H groups in total. The summed E-state index contributed by atoms with van der Waals surface area (Å²) in [6.07, 6.45) is -5.31. The minimum atomic E-state index is -4.81. The molecule has 5 nitrogen and oxygen atoms in total. The first-order valence-corrected chi connectivity index (χ1v) is 12.5. The molecule has 2 heterocycles. The highest BCUT2D eigenvalue weighted by Crippen LogP contribution is 2.41. The molecule has 0 fully saturated rings. The first-order valence-electron chi connectivity index (χ1n) is 12.5. The van der Waals surface area contributed by atoms with E-state index in [-0.39, 0.29) is 40.4 Å². The number of anilines is 1. The summed E-state index contributed by atoms with van der Waals surface area (Å²) in [5.74, 6) is -1.72. The standard InChI is InChI=1S/C30H26F5N3O2/c1-16-19(14-20-21(30(33,34)35)11-7-12-22(20)31)28-37-15-23(27(36)17-8-4-3-5-9-17)38(28)29(39)25(16)18-10-6-13-24(40-2)26(18)32/h3-13,23,27,37H,14-15,36H2,1-2H3. The van der Waals surface area contributed by atoms with Gasteiger partial charge in [-0.2, -0.15) is 13.2 Å². The molecular weight excluding hydrogens is 529 g/mol. The van der Waals surface area contributed by atoms with E-state index in [0.717, 1.165) is 23.8 Å². The number of rotatable bonds is 6. The van der Waals surface area contributed by atoms with Gasteiger partial charge >= 0.3 is 6.18 Å². The molecule has 40 heavy (non-hydrogen) atoms. The fourth-order valence-electron chi connectivity index (χ4n) is 5.42. The summed E-state index contributed by atoms with van der Waals surface area (Å²) < 4.78 is 78.6. The summed E-state index contributed by atoms with van der Waals surface area (Å²) in [6.45, 7) is 1.71. The predicted molar refractivity (Wildman–Crippen MR) is 142 cm³/mol. The van der Waals surface area contributed by atoms with E-state index in [1.165, 1.54) is 36.8 Å². The minimum absolute atomic E-state index is 0.0611. The number of nitrogens with two attached hydrogens (primary N) is 1. The number of benzene rings is 3. The zero-order valence-electron chi connectivity index (χ0n) is 21.7. The molecule has 0 spiro atoms. The van der Waals surface area contributed by atoms with Crippen molar-refractivity contribution in [3.8, 4) is 16.9 Å². The highest BCUT2D eigenvalue weighted by atomic mass is 19.4. The average Bonchev–Trinajstić information content (AvgIpc) is 3.37. The molecule has 0 aliphatic carbocycles. The van der Waals surface area contributed by atoms with Crippen LogP contribution in [0.5, 0.6) is 5.75 Å². The molecule has 208 valence electrons. The smallest absolute Gasteiger partial charge is 0.416 e. The number of ether oxygens (including phenoxy) is 1. The van der Waals surface area contributed by atoms with Gasteiger partial charge in [-0.05, 0) is 36.2 Å². The minimum Gasteiger partial charge on any atom is -0.494 e. The molecule has 2 unspecified atom stereocenters. The molecule has 0 saturated carbocycles. The number of aromatic nitrogens is 1. The van der Waals surface area contributed by atoms with E-state index in [9.17, 15) is 22.4 Å². The van der Waals surface area contributed by atoms with Crippen molar-refractivity contribution in [1.29, 1.82) is 0 Å². The predicted octanol–water partition coefficient (Wildman–Crippen LogP) is 6.39. The number of halogens is 5. The second kappa shape index (κ2) is 10.4. The normalized spacial score (nSPS) is 15.4. The molecule has 1 aliphatic heterocycles. The third-order valence-corrected chi connectivity index (χ3v) is 7.43. The van der Waals surface area contributed by atoms with Gasteiger partial charge < -0.3 is 15.8 Å². The number of alkyl halides is 3. The Hall–Kier alpha value is -4.18. The Kier molecular flexibility index (Phi) is 7.14. The van der Waals surface area contributed by atoms with E-state index in [4.69, 9.17) is 10.5 Å². The van der Waals surface area contributed by atoms with Gasteiger partial charge in [-0.3, -0.25) is 9.36 Å². The zero-order chi connectivity index (χ0) is 28.8. The fourth-order valence-corrected chi connectivity index (χ4v) is 5.42. The zero-order valence-corrected chi connectivity index (χ0v) is 21.7. The molecule has 5 rings (SSSR count). The lowest BCUT2D eigenvalue weighted by molar-refractivity contribution is -0.138. The van der Waals surface area contributed by atoms with Gasteiger partial charge in [0, 0.05) is 29.7 Å². The van der Waals surface area contributed by atoms with Crippen molar-refractivity contribution in [2.75, 3.05) is 19.0 Å². The number of methoxy groups -OCH3 is 1. The lowest BCUT2D eigenvalue weighted by Gasteiger charge is -2.24. The maximum atomic E-state index is 15.5. The monoisotopic (exact) mass is 555 g/mol. The van der Waals surface area contributed by atoms with Crippen molar-refractivity contribution in [1.82, 2.24) is 4.57 Å². The number of pyridine rings is 1. The Morgan fingerprint density at radius 3 is 2.40 bits per heavy atom. The van der Waals surface area contributed by atoms with E-state index in [1.54, 1.807) is 24.3 Å². The van der Waals surface area contributed by atoms with Gasteiger partial charge in [0.1, 0.15) is 11.6 Å². The summed E-state index contributed by atoms with van der Waals surface area (Å²) >= 11 is 0. The third-order valence-electron chi connectivity index (χ3n) is 7.43. The molecule has 0 saturated heterocycles. The maximum Gasteiger partial charge on any atom is 0.416 e. The first-order chi connectivity index (χ1) is 19.0. The van der Waals surface area contributed by atoms with Gasteiger partial charge in [0.2, 0.25) is 0 Å². The van der Waals surface area contributed by atoms with Crippen molar-refractivity contribution >= 4 is 5.82 Å². The Morgan fingerprint density at radius 2 is 1.73 bits per heavy atom. The van der Waals surface area contributed by atoms with Crippen LogP contribution in [-0.4, -0.2) is 18.2 Å². The summed E-state index contributed by atoms with van der Waals surface area (Å²) in [7, 11) is 1.28. The molecule has 4 aromatic rings. The van der Waals surface area contributed by atoms with Crippen LogP contribution in [0.1, 0.15) is 39.9 Å². The Morgan fingerprint density at radius 1 is 1.02 bits per heavy atom. The number of fused-ring (bicyclic) bond motifs is 1. The molecule has 0 radical (unpaired) electrons. The van der Waals surface area contributed by atoms with Gasteiger partial charge in [0.15, 0.2) is 11.6 Å². The SMILES string of the molecule is COc1cccc(-c2c(C)c(Cc3c(F)cccc3C(F)(F)F)c3n(c2=O)C(C(N)c2ccccc2)CN3)c1F. The summed E-state index contributed by atoms with van der Waals surface area (Å²) in [5.41, 5.74) is 5.37. The quantitative estimate of drug-likeness (QED) is 0.271. The van der Waals surface area contributed by atoms with Crippen LogP contribution in [-0.2, 0) is 12.6 Å². The molecule has 1 aromatic heterocycles. The number of hydrogen-bond acceptors (Lipinski definition) is 4. The second-order valence-corrected chi connectivity index (χ2v) is 9.65. The molecule has 10 heteroatoms. The van der Waals surface area contributed by atoms with Crippen molar-refractivity contribution in [2.45, 2.75) is 31.6 Å². The Bertz CT molecular complexity index is 1630. The number of hydrogen-bond donors (Lipinski definition) is 2. The Balaban J connectivity index is 1.79. The molecule has 3 aromatic carbocycles. The van der Waals surface area contributed by atoms with Crippen LogP contribution in [0.3, 0.4) is 0 Å². The van der Waals surface area contributed by atoms with Crippen molar-refractivity contribution in [2.24, 2.45) is 5.73 Å². The average molecular weight is 556 g/mol. The lowest BCUT2D eigenvalue weighted by Crippen LogP contribution is -2.32. The lowest BCUT2D eigenvalue weighted by atomic mass is 9.91. The van der Waals surface area contributed by atoms with Crippen molar-refractivity contribution in [3.63, 3.8) is 0 Å². The van der Waals surface area contributed by atoms with Crippen LogP contribution in [0, 0.1) is 18.6 Å². The van der Waals surface area contributed by atoms with Crippen LogP contribution in [0.15, 0.2) is 71.5 Å². The van der Waals surface area contributed by atoms with Crippen LogP contribution in [0.4, 0.5) is 27.8 Å². The first kappa shape index (κ1) is 27.4. The highest BCUT2D eigenvalue weighted by Gasteiger charge is 2.37. The van der Waals surface area contributed by atoms with Crippen molar-refractivity contribution < 1.29 is 26.7 Å². The maximum absolute atomic E-state index is 15.5. The molecule has 0 amide bonds. The topological polar surface area (TPSA) is 69.3 Å². The van der Waals surface area contributed by atoms with Crippen molar-refractivity contribution in [3.05, 3.63) is 117 Å². The molecule has 1 aliphatic rings. The van der Waals surface area contributed by atoms with Gasteiger partial charge in [-0.15, -0.1) is 0 Å². The number of nitrogens with one attached hydrogen (secondary N) is 1. The molecular formula is C30H26F5N3O2. The van der Waals surface area contributed by atoms with E-state index in [1.807, 2.05) is 6.07 Å². The van der Waals surface area contributed by atoms with E-state index in [2.05, 4.69) is 5.32 Å².